The van der Waals surface area contributed by atoms with Crippen LogP contribution in [0.1, 0.15) is 36.9 Å². The molecule has 92 valence electrons. The summed E-state index contributed by atoms with van der Waals surface area (Å²) >= 11 is 0. The summed E-state index contributed by atoms with van der Waals surface area (Å²) in [5.74, 6) is 0.697. The molecule has 0 saturated carbocycles. The first-order valence-corrected chi connectivity index (χ1v) is 6.83. The summed E-state index contributed by atoms with van der Waals surface area (Å²) in [5, 5.41) is 0. The van der Waals surface area contributed by atoms with Crippen molar-refractivity contribution in [3.63, 3.8) is 0 Å². The first kappa shape index (κ1) is 11.2. The average molecular weight is 230 g/mol. The van der Waals surface area contributed by atoms with Gasteiger partial charge in [-0.15, -0.1) is 0 Å². The lowest BCUT2D eigenvalue weighted by molar-refractivity contribution is 0.232. The van der Waals surface area contributed by atoms with Crippen LogP contribution in [0.25, 0.3) is 0 Å². The van der Waals surface area contributed by atoms with E-state index in [1.165, 1.54) is 32.4 Å². The highest BCUT2D eigenvalue weighted by molar-refractivity contribution is 5.34. The number of nitrogens with zero attached hydrogens (tertiary/aromatic N) is 1. The minimum absolute atomic E-state index is 0.344. The Morgan fingerprint density at radius 1 is 1.29 bits per heavy atom. The number of hydrogen-bond donors (Lipinski definition) is 1. The monoisotopic (exact) mass is 230 g/mol. The lowest BCUT2D eigenvalue weighted by Gasteiger charge is -2.25. The second-order valence-electron chi connectivity index (χ2n) is 5.66. The van der Waals surface area contributed by atoms with Crippen LogP contribution < -0.4 is 5.73 Å². The second-order valence-corrected chi connectivity index (χ2v) is 5.66. The van der Waals surface area contributed by atoms with E-state index >= 15 is 0 Å². The van der Waals surface area contributed by atoms with Crippen LogP contribution in [0.15, 0.2) is 24.3 Å². The number of nitrogens with two attached hydrogens (primary N) is 1. The Bertz CT molecular complexity index is 400. The Morgan fingerprint density at radius 3 is 2.88 bits per heavy atom. The van der Waals surface area contributed by atoms with E-state index < -0.39 is 0 Å². The molecule has 1 heterocycles. The Morgan fingerprint density at radius 2 is 2.12 bits per heavy atom. The fourth-order valence-corrected chi connectivity index (χ4v) is 3.44. The Labute approximate surface area is 104 Å². The number of hydrogen-bond acceptors (Lipinski definition) is 2. The third-order valence-electron chi connectivity index (χ3n) is 4.54. The van der Waals surface area contributed by atoms with Crippen LogP contribution >= 0.6 is 0 Å². The summed E-state index contributed by atoms with van der Waals surface area (Å²) in [7, 11) is 0. The number of benzene rings is 1. The van der Waals surface area contributed by atoms with Crippen LogP contribution in [0, 0.1) is 5.92 Å². The predicted octanol–water partition coefficient (Wildman–Crippen LogP) is 2.34. The summed E-state index contributed by atoms with van der Waals surface area (Å²) < 4.78 is 0. The molecule has 3 atom stereocenters. The van der Waals surface area contributed by atoms with E-state index in [0.29, 0.717) is 18.0 Å². The lowest BCUT2D eigenvalue weighted by Crippen LogP contribution is -2.31. The number of rotatable bonds is 2. The van der Waals surface area contributed by atoms with Crippen LogP contribution in [-0.2, 0) is 6.42 Å². The van der Waals surface area contributed by atoms with E-state index in [1.54, 1.807) is 11.1 Å². The molecule has 2 nitrogen and oxygen atoms in total. The van der Waals surface area contributed by atoms with Crippen molar-refractivity contribution in [3.05, 3.63) is 35.4 Å². The number of fused-ring (bicyclic) bond motifs is 1. The smallest absolute Gasteiger partial charge is 0.0354 e. The largest absolute Gasteiger partial charge is 0.328 e. The van der Waals surface area contributed by atoms with Gasteiger partial charge < -0.3 is 5.73 Å². The SMILES string of the molecule is CC(N)C1CCN(C2CCc3ccccc32)C1. The van der Waals surface area contributed by atoms with Gasteiger partial charge in [0.1, 0.15) is 0 Å². The molecule has 3 rings (SSSR count). The highest BCUT2D eigenvalue weighted by Gasteiger charge is 2.33. The Balaban J connectivity index is 1.75. The van der Waals surface area contributed by atoms with Gasteiger partial charge in [-0.05, 0) is 49.8 Å². The number of aryl methyl sites for hydroxylation is 1. The molecule has 1 saturated heterocycles. The zero-order valence-electron chi connectivity index (χ0n) is 10.6. The molecular weight excluding hydrogens is 208 g/mol. The molecule has 1 aliphatic heterocycles. The summed E-state index contributed by atoms with van der Waals surface area (Å²) in [6, 6.07) is 9.94. The molecule has 2 N–H and O–H groups in total. The molecular formula is C15H22N2. The van der Waals surface area contributed by atoms with Gasteiger partial charge in [-0.1, -0.05) is 24.3 Å². The van der Waals surface area contributed by atoms with Crippen molar-refractivity contribution in [1.29, 1.82) is 0 Å². The predicted molar refractivity (Wildman–Crippen MR) is 70.8 cm³/mol. The first-order valence-electron chi connectivity index (χ1n) is 6.83. The Kier molecular flexibility index (Phi) is 2.93. The van der Waals surface area contributed by atoms with E-state index in [0.717, 1.165) is 0 Å². The van der Waals surface area contributed by atoms with Crippen LogP contribution in [-0.4, -0.2) is 24.0 Å². The van der Waals surface area contributed by atoms with Crippen LogP contribution in [0.4, 0.5) is 0 Å². The maximum absolute atomic E-state index is 6.03. The van der Waals surface area contributed by atoms with Crippen molar-refractivity contribution in [1.82, 2.24) is 4.90 Å². The van der Waals surface area contributed by atoms with Gasteiger partial charge in [0.15, 0.2) is 0 Å². The van der Waals surface area contributed by atoms with Gasteiger partial charge in [0, 0.05) is 18.6 Å². The third-order valence-corrected chi connectivity index (χ3v) is 4.54. The van der Waals surface area contributed by atoms with Gasteiger partial charge >= 0.3 is 0 Å². The molecule has 0 amide bonds. The second kappa shape index (κ2) is 4.43. The normalized spacial score (nSPS) is 30.5. The van der Waals surface area contributed by atoms with Gasteiger partial charge in [0.2, 0.25) is 0 Å². The zero-order valence-corrected chi connectivity index (χ0v) is 10.6. The molecule has 3 unspecified atom stereocenters. The summed E-state index contributed by atoms with van der Waals surface area (Å²) in [6.45, 7) is 4.57. The highest BCUT2D eigenvalue weighted by atomic mass is 15.2. The van der Waals surface area contributed by atoms with E-state index in [4.69, 9.17) is 5.73 Å². The van der Waals surface area contributed by atoms with Crippen molar-refractivity contribution in [2.75, 3.05) is 13.1 Å². The van der Waals surface area contributed by atoms with E-state index in [1.807, 2.05) is 0 Å². The van der Waals surface area contributed by atoms with Crippen molar-refractivity contribution < 1.29 is 0 Å². The molecule has 1 fully saturated rings. The van der Waals surface area contributed by atoms with E-state index in [-0.39, 0.29) is 0 Å². The van der Waals surface area contributed by atoms with Gasteiger partial charge in [0.05, 0.1) is 0 Å². The maximum atomic E-state index is 6.03. The summed E-state index contributed by atoms with van der Waals surface area (Å²) in [5.41, 5.74) is 9.15. The molecule has 2 aliphatic rings. The zero-order chi connectivity index (χ0) is 11.8. The lowest BCUT2D eigenvalue weighted by atomic mass is 10.0. The molecule has 1 aromatic rings. The average Bonchev–Trinajstić information content (AvgIpc) is 2.95. The minimum Gasteiger partial charge on any atom is -0.328 e. The summed E-state index contributed by atoms with van der Waals surface area (Å²) in [4.78, 5) is 2.65. The topological polar surface area (TPSA) is 29.3 Å². The van der Waals surface area contributed by atoms with E-state index in [2.05, 4.69) is 36.1 Å². The highest BCUT2D eigenvalue weighted by Crippen LogP contribution is 2.38. The molecule has 0 spiro atoms. The fraction of sp³-hybridized carbons (Fsp3) is 0.600. The van der Waals surface area contributed by atoms with Crippen molar-refractivity contribution in [3.8, 4) is 0 Å². The standard InChI is InChI=1S/C15H22N2/c1-11(16)13-8-9-17(10-13)15-7-6-12-4-2-3-5-14(12)15/h2-5,11,13,15H,6-10,16H2,1H3. The van der Waals surface area contributed by atoms with Gasteiger partial charge in [0.25, 0.3) is 0 Å². The molecule has 2 heteroatoms. The van der Waals surface area contributed by atoms with Crippen LogP contribution in [0.2, 0.25) is 0 Å². The van der Waals surface area contributed by atoms with Gasteiger partial charge in [-0.3, -0.25) is 4.90 Å². The molecule has 0 aromatic heterocycles. The van der Waals surface area contributed by atoms with Gasteiger partial charge in [-0.25, -0.2) is 0 Å². The van der Waals surface area contributed by atoms with Crippen LogP contribution in [0.5, 0.6) is 0 Å². The molecule has 17 heavy (non-hydrogen) atoms. The third kappa shape index (κ3) is 2.00. The fourth-order valence-electron chi connectivity index (χ4n) is 3.44. The van der Waals surface area contributed by atoms with E-state index in [9.17, 15) is 0 Å². The molecule has 1 aromatic carbocycles. The quantitative estimate of drug-likeness (QED) is 0.845. The van der Waals surface area contributed by atoms with Crippen LogP contribution in [0.3, 0.4) is 0 Å². The minimum atomic E-state index is 0.344. The summed E-state index contributed by atoms with van der Waals surface area (Å²) in [6.07, 6.45) is 3.82. The molecule has 0 radical (unpaired) electrons. The maximum Gasteiger partial charge on any atom is 0.0354 e. The van der Waals surface area contributed by atoms with Crippen molar-refractivity contribution >= 4 is 0 Å². The molecule has 0 bridgehead atoms. The first-order chi connectivity index (χ1) is 8.25. The van der Waals surface area contributed by atoms with Gasteiger partial charge in [-0.2, -0.15) is 0 Å². The van der Waals surface area contributed by atoms with Crippen molar-refractivity contribution in [2.24, 2.45) is 11.7 Å². The van der Waals surface area contributed by atoms with Crippen molar-refractivity contribution in [2.45, 2.75) is 38.3 Å². The number of likely N-dealkylation sites (tertiary alicyclic amines) is 1. The molecule has 1 aliphatic carbocycles. The Hall–Kier alpha value is -0.860.